The number of nitrogens with one attached hydrogen (secondary N) is 1. The zero-order valence-electron chi connectivity index (χ0n) is 9.50. The molecule has 0 aliphatic heterocycles. The molecule has 0 amide bonds. The minimum atomic E-state index is 0.279. The first-order valence-corrected chi connectivity index (χ1v) is 5.76. The minimum absolute atomic E-state index is 0.279. The van der Waals surface area contributed by atoms with Crippen LogP contribution in [0.1, 0.15) is 26.0 Å². The lowest BCUT2D eigenvalue weighted by molar-refractivity contribution is 0.541. The number of alkyl halides is 1. The monoisotopic (exact) mass is 227 g/mol. The van der Waals surface area contributed by atoms with E-state index < -0.39 is 0 Å². The first kappa shape index (κ1) is 12.2. The summed E-state index contributed by atoms with van der Waals surface area (Å²) in [5.41, 5.74) is 0.963. The zero-order valence-corrected chi connectivity index (χ0v) is 10.3. The van der Waals surface area contributed by atoms with E-state index in [0.717, 1.165) is 17.9 Å². The van der Waals surface area contributed by atoms with Gasteiger partial charge in [-0.2, -0.15) is 0 Å². The highest BCUT2D eigenvalue weighted by molar-refractivity contribution is 6.18. The van der Waals surface area contributed by atoms with Crippen molar-refractivity contribution >= 4 is 17.4 Å². The average Bonchev–Trinajstić information content (AvgIpc) is 2.16. The Labute approximate surface area is 96.3 Å². The van der Waals surface area contributed by atoms with E-state index in [1.807, 2.05) is 13.0 Å². The number of nitrogens with zero attached hydrogens (tertiary/aromatic N) is 2. The van der Waals surface area contributed by atoms with Gasteiger partial charge >= 0.3 is 0 Å². The van der Waals surface area contributed by atoms with Crippen LogP contribution in [0.2, 0.25) is 0 Å². The van der Waals surface area contributed by atoms with Gasteiger partial charge in [0.2, 0.25) is 0 Å². The predicted molar refractivity (Wildman–Crippen MR) is 64.4 cm³/mol. The van der Waals surface area contributed by atoms with Crippen LogP contribution in [0, 0.1) is 12.8 Å². The van der Waals surface area contributed by atoms with Crippen molar-refractivity contribution in [2.24, 2.45) is 5.92 Å². The largest absolute Gasteiger partial charge is 0.366 e. The number of hydrogen-bond donors (Lipinski definition) is 1. The Balaban J connectivity index is 2.58. The molecule has 1 unspecified atom stereocenters. The Morgan fingerprint density at radius 2 is 2.13 bits per heavy atom. The van der Waals surface area contributed by atoms with Crippen molar-refractivity contribution in [1.82, 2.24) is 9.97 Å². The molecule has 3 nitrogen and oxygen atoms in total. The molecule has 0 aliphatic rings. The summed E-state index contributed by atoms with van der Waals surface area (Å²) < 4.78 is 0. The second-order valence-electron chi connectivity index (χ2n) is 4.17. The number of rotatable bonds is 5. The van der Waals surface area contributed by atoms with Gasteiger partial charge in [-0.05, 0) is 19.3 Å². The number of hydrogen-bond acceptors (Lipinski definition) is 3. The van der Waals surface area contributed by atoms with Crippen LogP contribution in [0.3, 0.4) is 0 Å². The van der Waals surface area contributed by atoms with E-state index in [1.54, 1.807) is 6.33 Å². The van der Waals surface area contributed by atoms with E-state index in [2.05, 4.69) is 29.1 Å². The van der Waals surface area contributed by atoms with Crippen molar-refractivity contribution in [3.63, 3.8) is 0 Å². The number of aryl methyl sites for hydroxylation is 1. The first-order chi connectivity index (χ1) is 7.11. The minimum Gasteiger partial charge on any atom is -0.366 e. The molecule has 0 radical (unpaired) electrons. The molecule has 1 aromatic rings. The van der Waals surface area contributed by atoms with Crippen molar-refractivity contribution in [2.45, 2.75) is 33.2 Å². The Morgan fingerprint density at radius 3 is 2.67 bits per heavy atom. The Hall–Kier alpha value is -0.830. The molecule has 0 aliphatic carbocycles. The van der Waals surface area contributed by atoms with Gasteiger partial charge in [-0.1, -0.05) is 13.8 Å². The van der Waals surface area contributed by atoms with Crippen molar-refractivity contribution in [3.8, 4) is 0 Å². The molecule has 15 heavy (non-hydrogen) atoms. The second-order valence-corrected chi connectivity index (χ2v) is 4.48. The molecule has 0 saturated heterocycles. The maximum Gasteiger partial charge on any atom is 0.129 e. The molecule has 1 aromatic heterocycles. The van der Waals surface area contributed by atoms with E-state index in [9.17, 15) is 0 Å². The van der Waals surface area contributed by atoms with E-state index in [0.29, 0.717) is 11.8 Å². The molecule has 4 heteroatoms. The maximum atomic E-state index is 5.90. The molecule has 84 valence electrons. The fraction of sp³-hybridized carbons (Fsp3) is 0.636. The molecule has 1 N–H and O–H groups in total. The lowest BCUT2D eigenvalue weighted by Crippen LogP contribution is -2.24. The van der Waals surface area contributed by atoms with Crippen LogP contribution < -0.4 is 5.32 Å². The van der Waals surface area contributed by atoms with Gasteiger partial charge in [0.1, 0.15) is 12.1 Å². The van der Waals surface area contributed by atoms with Gasteiger partial charge in [-0.25, -0.2) is 9.97 Å². The Bertz CT molecular complexity index is 302. The van der Waals surface area contributed by atoms with Crippen molar-refractivity contribution < 1.29 is 0 Å². The third-order valence-corrected chi connectivity index (χ3v) is 2.47. The third-order valence-electron chi connectivity index (χ3n) is 2.10. The van der Waals surface area contributed by atoms with Crippen molar-refractivity contribution in [2.75, 3.05) is 11.2 Å². The molecule has 0 aromatic carbocycles. The molecule has 0 bridgehead atoms. The van der Waals surface area contributed by atoms with E-state index in [-0.39, 0.29) is 6.04 Å². The summed E-state index contributed by atoms with van der Waals surface area (Å²) in [6.45, 7) is 6.32. The lowest BCUT2D eigenvalue weighted by Gasteiger charge is -2.18. The van der Waals surface area contributed by atoms with Crippen LogP contribution >= 0.6 is 11.6 Å². The van der Waals surface area contributed by atoms with Crippen molar-refractivity contribution in [3.05, 3.63) is 18.1 Å². The standard InChI is InChI=1S/C11H18ClN3/c1-8(2)4-10(6-12)15-11-5-9(3)13-7-14-11/h5,7-8,10H,4,6H2,1-3H3,(H,13,14,15). The highest BCUT2D eigenvalue weighted by Crippen LogP contribution is 2.12. The third kappa shape index (κ3) is 4.47. The van der Waals surface area contributed by atoms with Crippen LogP contribution in [-0.2, 0) is 0 Å². The summed E-state index contributed by atoms with van der Waals surface area (Å²) in [7, 11) is 0. The summed E-state index contributed by atoms with van der Waals surface area (Å²) in [6, 6.07) is 2.21. The number of halogens is 1. The van der Waals surface area contributed by atoms with Gasteiger partial charge in [0.05, 0.1) is 0 Å². The summed E-state index contributed by atoms with van der Waals surface area (Å²) in [6.07, 6.45) is 2.62. The van der Waals surface area contributed by atoms with Gasteiger partial charge in [-0.15, -0.1) is 11.6 Å². The molecule has 1 heterocycles. The van der Waals surface area contributed by atoms with Crippen LogP contribution in [-0.4, -0.2) is 21.9 Å². The summed E-state index contributed by atoms with van der Waals surface area (Å²) in [4.78, 5) is 8.20. The second kappa shape index (κ2) is 5.91. The van der Waals surface area contributed by atoms with Gasteiger partial charge in [-0.3, -0.25) is 0 Å². The van der Waals surface area contributed by atoms with Crippen LogP contribution in [0.15, 0.2) is 12.4 Å². The molecule has 1 atom stereocenters. The van der Waals surface area contributed by atoms with Crippen LogP contribution in [0.5, 0.6) is 0 Å². The summed E-state index contributed by atoms with van der Waals surface area (Å²) in [5.74, 6) is 2.08. The number of aromatic nitrogens is 2. The molecule has 0 saturated carbocycles. The Morgan fingerprint density at radius 1 is 1.40 bits per heavy atom. The fourth-order valence-corrected chi connectivity index (χ4v) is 1.68. The van der Waals surface area contributed by atoms with E-state index in [4.69, 9.17) is 11.6 Å². The quantitative estimate of drug-likeness (QED) is 0.787. The van der Waals surface area contributed by atoms with Crippen LogP contribution in [0.25, 0.3) is 0 Å². The van der Waals surface area contributed by atoms with Gasteiger partial charge in [0.15, 0.2) is 0 Å². The maximum absolute atomic E-state index is 5.90. The number of anilines is 1. The van der Waals surface area contributed by atoms with Crippen LogP contribution in [0.4, 0.5) is 5.82 Å². The first-order valence-electron chi connectivity index (χ1n) is 5.23. The zero-order chi connectivity index (χ0) is 11.3. The average molecular weight is 228 g/mol. The summed E-state index contributed by atoms with van der Waals surface area (Å²) >= 11 is 5.90. The highest BCUT2D eigenvalue weighted by Gasteiger charge is 2.09. The summed E-state index contributed by atoms with van der Waals surface area (Å²) in [5, 5.41) is 3.32. The highest BCUT2D eigenvalue weighted by atomic mass is 35.5. The SMILES string of the molecule is Cc1cc(NC(CCl)CC(C)C)ncn1. The molecular formula is C11H18ClN3. The van der Waals surface area contributed by atoms with E-state index in [1.165, 1.54) is 0 Å². The fourth-order valence-electron chi connectivity index (χ4n) is 1.47. The normalized spacial score (nSPS) is 12.9. The van der Waals surface area contributed by atoms with Gasteiger partial charge < -0.3 is 5.32 Å². The molecule has 0 spiro atoms. The predicted octanol–water partition coefficient (Wildman–Crippen LogP) is 2.85. The lowest BCUT2D eigenvalue weighted by atomic mass is 10.1. The topological polar surface area (TPSA) is 37.8 Å². The van der Waals surface area contributed by atoms with Gasteiger partial charge in [0.25, 0.3) is 0 Å². The molecule has 0 fully saturated rings. The Kier molecular flexibility index (Phi) is 4.82. The van der Waals surface area contributed by atoms with Crippen molar-refractivity contribution in [1.29, 1.82) is 0 Å². The molecular weight excluding hydrogens is 210 g/mol. The smallest absolute Gasteiger partial charge is 0.129 e. The molecule has 1 rings (SSSR count). The van der Waals surface area contributed by atoms with E-state index >= 15 is 0 Å². The van der Waals surface area contributed by atoms with Gasteiger partial charge in [0, 0.05) is 23.7 Å².